The second-order valence-electron chi connectivity index (χ2n) is 7.67. The lowest BCUT2D eigenvalue weighted by Gasteiger charge is -2.19. The number of nitrogens with zero attached hydrogens (tertiary/aromatic N) is 1. The van der Waals surface area contributed by atoms with Crippen LogP contribution in [-0.2, 0) is 0 Å². The molecule has 1 heterocycles. The third kappa shape index (κ3) is 4.78. The van der Waals surface area contributed by atoms with E-state index >= 15 is 0 Å². The lowest BCUT2D eigenvalue weighted by molar-refractivity contribution is 0.0792. The van der Waals surface area contributed by atoms with Gasteiger partial charge >= 0.3 is 6.03 Å². The summed E-state index contributed by atoms with van der Waals surface area (Å²) in [6.07, 6.45) is -0.798. The molecule has 1 aromatic heterocycles. The van der Waals surface area contributed by atoms with Gasteiger partial charge in [0.15, 0.2) is 11.9 Å². The van der Waals surface area contributed by atoms with E-state index in [1.54, 1.807) is 30.3 Å². The molecule has 0 saturated carbocycles. The van der Waals surface area contributed by atoms with Crippen LogP contribution in [0.5, 0.6) is 5.75 Å². The molecule has 162 valence electrons. The van der Waals surface area contributed by atoms with Crippen LogP contribution in [0.4, 0.5) is 10.6 Å². The fourth-order valence-electron chi connectivity index (χ4n) is 3.36. The molecule has 3 aromatic carbocycles. The van der Waals surface area contributed by atoms with Gasteiger partial charge in [-0.25, -0.2) is 4.79 Å². The Morgan fingerprint density at radius 3 is 2.31 bits per heavy atom. The van der Waals surface area contributed by atoms with Gasteiger partial charge < -0.3 is 10.1 Å². The molecule has 0 radical (unpaired) electrons. The summed E-state index contributed by atoms with van der Waals surface area (Å²) in [6.45, 7) is 3.76. The third-order valence-corrected chi connectivity index (χ3v) is 4.84. The van der Waals surface area contributed by atoms with Crippen LogP contribution < -0.4 is 15.4 Å². The van der Waals surface area contributed by atoms with Crippen molar-refractivity contribution in [3.8, 4) is 5.75 Å². The van der Waals surface area contributed by atoms with E-state index in [1.165, 1.54) is 0 Å². The van der Waals surface area contributed by atoms with E-state index in [0.29, 0.717) is 22.6 Å². The minimum Gasteiger partial charge on any atom is -0.477 e. The summed E-state index contributed by atoms with van der Waals surface area (Å²) in [6, 6.07) is 23.5. The van der Waals surface area contributed by atoms with Crippen LogP contribution in [-0.4, -0.2) is 28.1 Å². The molecule has 0 bridgehead atoms. The van der Waals surface area contributed by atoms with Crippen molar-refractivity contribution in [3.05, 3.63) is 90.0 Å². The first-order valence-corrected chi connectivity index (χ1v) is 10.4. The van der Waals surface area contributed by atoms with Crippen molar-refractivity contribution < 1.29 is 14.3 Å². The van der Waals surface area contributed by atoms with Gasteiger partial charge in [-0.1, -0.05) is 60.7 Å². The number of carbonyl (C=O) groups is 2. The minimum absolute atomic E-state index is 0.0114. The molecule has 32 heavy (non-hydrogen) atoms. The maximum absolute atomic E-state index is 13.2. The lowest BCUT2D eigenvalue weighted by Crippen LogP contribution is -2.34. The zero-order chi connectivity index (χ0) is 22.5. The number of ketones is 1. The standard InChI is InChI=1S/C25H24N4O3/c1-16(2)26-25(31)27-24-20-14-13-19(15-21(20)28-29-24)32-23(18-11-7-4-8-12-18)22(30)17-9-5-3-6-10-17/h3-16,23H,1-2H3,(H3,26,27,28,29,31). The molecule has 4 rings (SSSR count). The Kier molecular flexibility index (Phi) is 6.17. The topological polar surface area (TPSA) is 96.1 Å². The minimum atomic E-state index is -0.798. The molecule has 1 unspecified atom stereocenters. The number of aromatic nitrogens is 2. The molecule has 2 amide bonds. The predicted molar refractivity (Wildman–Crippen MR) is 124 cm³/mol. The van der Waals surface area contributed by atoms with Gasteiger partial charge in [0.1, 0.15) is 5.75 Å². The summed E-state index contributed by atoms with van der Waals surface area (Å²) < 4.78 is 6.17. The maximum Gasteiger partial charge on any atom is 0.320 e. The molecule has 0 aliphatic heterocycles. The van der Waals surface area contributed by atoms with Crippen molar-refractivity contribution >= 4 is 28.5 Å². The molecular weight excluding hydrogens is 404 g/mol. The van der Waals surface area contributed by atoms with E-state index in [-0.39, 0.29) is 17.9 Å². The summed E-state index contributed by atoms with van der Waals surface area (Å²) in [5.74, 6) is 0.802. The first kappa shape index (κ1) is 21.1. The molecule has 1 atom stereocenters. The Bertz CT molecular complexity index is 1220. The number of urea groups is 1. The molecular formula is C25H24N4O3. The molecule has 7 nitrogen and oxygen atoms in total. The average Bonchev–Trinajstić information content (AvgIpc) is 3.19. The number of nitrogens with one attached hydrogen (secondary N) is 3. The number of amides is 2. The number of H-pyrrole nitrogens is 1. The molecule has 0 aliphatic carbocycles. The zero-order valence-corrected chi connectivity index (χ0v) is 17.8. The Balaban J connectivity index is 1.60. The first-order valence-electron chi connectivity index (χ1n) is 10.4. The van der Waals surface area contributed by atoms with Crippen molar-refractivity contribution in [1.82, 2.24) is 15.5 Å². The van der Waals surface area contributed by atoms with Crippen LogP contribution in [0.15, 0.2) is 78.9 Å². The summed E-state index contributed by atoms with van der Waals surface area (Å²) in [4.78, 5) is 25.2. The van der Waals surface area contributed by atoms with Crippen molar-refractivity contribution in [3.63, 3.8) is 0 Å². The van der Waals surface area contributed by atoms with Gasteiger partial charge in [0.25, 0.3) is 0 Å². The monoisotopic (exact) mass is 428 g/mol. The van der Waals surface area contributed by atoms with Crippen LogP contribution in [0, 0.1) is 0 Å². The SMILES string of the molecule is CC(C)NC(=O)Nc1n[nH]c2cc(OC(C(=O)c3ccccc3)c3ccccc3)ccc12. The quantitative estimate of drug-likeness (QED) is 0.357. The molecule has 4 aromatic rings. The van der Waals surface area contributed by atoms with Crippen LogP contribution in [0.1, 0.15) is 35.9 Å². The molecule has 3 N–H and O–H groups in total. The van der Waals surface area contributed by atoms with Gasteiger partial charge in [0.2, 0.25) is 5.78 Å². The van der Waals surface area contributed by atoms with Crippen LogP contribution in [0.3, 0.4) is 0 Å². The highest BCUT2D eigenvalue weighted by Gasteiger charge is 2.24. The number of carbonyl (C=O) groups excluding carboxylic acids is 2. The predicted octanol–water partition coefficient (Wildman–Crippen LogP) is 5.10. The van der Waals surface area contributed by atoms with E-state index in [1.807, 2.05) is 62.4 Å². The van der Waals surface area contributed by atoms with Crippen LogP contribution >= 0.6 is 0 Å². The second-order valence-corrected chi connectivity index (χ2v) is 7.67. The fourth-order valence-corrected chi connectivity index (χ4v) is 3.36. The van der Waals surface area contributed by atoms with Crippen LogP contribution in [0.25, 0.3) is 10.9 Å². The number of hydrogen-bond donors (Lipinski definition) is 3. The van der Waals surface area contributed by atoms with Gasteiger partial charge in [-0.15, -0.1) is 0 Å². The number of rotatable bonds is 7. The summed E-state index contributed by atoms with van der Waals surface area (Å²) in [5.41, 5.74) is 2.02. The summed E-state index contributed by atoms with van der Waals surface area (Å²) in [5, 5.41) is 13.3. The molecule has 0 spiro atoms. The van der Waals surface area contributed by atoms with Crippen LogP contribution in [0.2, 0.25) is 0 Å². The van der Waals surface area contributed by atoms with Crippen molar-refractivity contribution in [2.45, 2.75) is 26.0 Å². The molecule has 0 fully saturated rings. The number of Topliss-reactive ketones (excluding diaryl/α,β-unsaturated/α-hetero) is 1. The number of benzene rings is 3. The number of ether oxygens (including phenoxy) is 1. The average molecular weight is 428 g/mol. The van der Waals surface area contributed by atoms with Gasteiger partial charge in [-0.05, 0) is 26.0 Å². The molecule has 0 saturated heterocycles. The smallest absolute Gasteiger partial charge is 0.320 e. The summed E-state index contributed by atoms with van der Waals surface area (Å²) >= 11 is 0. The third-order valence-electron chi connectivity index (χ3n) is 4.84. The van der Waals surface area contributed by atoms with Gasteiger partial charge in [0.05, 0.1) is 5.52 Å². The van der Waals surface area contributed by atoms with Crippen molar-refractivity contribution in [2.24, 2.45) is 0 Å². The second kappa shape index (κ2) is 9.34. The van der Waals surface area contributed by atoms with Gasteiger partial charge in [-0.2, -0.15) is 5.10 Å². The largest absolute Gasteiger partial charge is 0.477 e. The highest BCUT2D eigenvalue weighted by atomic mass is 16.5. The Morgan fingerprint density at radius 2 is 1.62 bits per heavy atom. The highest BCUT2D eigenvalue weighted by molar-refractivity contribution is 6.01. The number of hydrogen-bond acceptors (Lipinski definition) is 4. The van der Waals surface area contributed by atoms with E-state index in [0.717, 1.165) is 10.9 Å². The Morgan fingerprint density at radius 1 is 0.938 bits per heavy atom. The van der Waals surface area contributed by atoms with Gasteiger partial charge in [0, 0.05) is 28.6 Å². The molecule has 7 heteroatoms. The first-order chi connectivity index (χ1) is 15.5. The lowest BCUT2D eigenvalue weighted by atomic mass is 10.00. The van der Waals surface area contributed by atoms with Crippen molar-refractivity contribution in [1.29, 1.82) is 0 Å². The van der Waals surface area contributed by atoms with E-state index in [4.69, 9.17) is 4.74 Å². The number of aromatic amines is 1. The maximum atomic E-state index is 13.2. The zero-order valence-electron chi connectivity index (χ0n) is 17.8. The van der Waals surface area contributed by atoms with E-state index in [2.05, 4.69) is 20.8 Å². The molecule has 0 aliphatic rings. The number of anilines is 1. The number of fused-ring (bicyclic) bond motifs is 1. The Labute approximate surface area is 185 Å². The Hall–Kier alpha value is -4.13. The van der Waals surface area contributed by atoms with E-state index in [9.17, 15) is 9.59 Å². The van der Waals surface area contributed by atoms with E-state index < -0.39 is 6.10 Å². The highest BCUT2D eigenvalue weighted by Crippen LogP contribution is 2.29. The fraction of sp³-hybridized carbons (Fsp3) is 0.160. The van der Waals surface area contributed by atoms with Crippen molar-refractivity contribution in [2.75, 3.05) is 5.32 Å². The summed E-state index contributed by atoms with van der Waals surface area (Å²) in [7, 11) is 0. The van der Waals surface area contributed by atoms with Gasteiger partial charge in [-0.3, -0.25) is 15.2 Å². The normalized spacial score (nSPS) is 11.8.